The molecule has 0 radical (unpaired) electrons. The summed E-state index contributed by atoms with van der Waals surface area (Å²) in [4.78, 5) is 37.5. The number of quaternary nitrogens is 1. The zero-order valence-electron chi connectivity index (χ0n) is 59.3. The number of unbranched alkanes of at least 4 members (excludes halogenated alkanes) is 15. The van der Waals surface area contributed by atoms with Gasteiger partial charge in [-0.05, 0) is 148 Å². The van der Waals surface area contributed by atoms with E-state index in [0.717, 1.165) is 161 Å². The highest BCUT2D eigenvalue weighted by atomic mass is 16.7. The molecule has 0 rings (SSSR count). The molecule has 0 bridgehead atoms. The van der Waals surface area contributed by atoms with Crippen molar-refractivity contribution in [3.63, 3.8) is 0 Å². The summed E-state index contributed by atoms with van der Waals surface area (Å²) in [6, 6.07) is 0. The van der Waals surface area contributed by atoms with Gasteiger partial charge in [0.05, 0.1) is 40.3 Å². The van der Waals surface area contributed by atoms with E-state index in [2.05, 4.69) is 220 Å². The highest BCUT2D eigenvalue weighted by molar-refractivity contribution is 5.70. The van der Waals surface area contributed by atoms with Gasteiger partial charge in [-0.3, -0.25) is 9.59 Å². The highest BCUT2D eigenvalue weighted by Crippen LogP contribution is 2.15. The van der Waals surface area contributed by atoms with Crippen molar-refractivity contribution in [3.8, 4) is 0 Å². The molecule has 0 aromatic rings. The number of carboxylic acid groups (broad SMARTS) is 1. The second-order valence-corrected chi connectivity index (χ2v) is 24.4. The number of esters is 2. The first-order chi connectivity index (χ1) is 45.6. The summed E-state index contributed by atoms with van der Waals surface area (Å²) in [5.41, 5.74) is 0. The SMILES string of the molecule is CC/C=C\C/C=C\C/C=C\C/C=C\C/C=C\C/C=C\C/C=C\C/C=C\C/C=C\CCCCCCCCCCCCCC(=O)OC(COC(=O)CCCCCC/C=C\C/C=C\C/C=C\C/C=C\C/C=C\C/C=C\C/C=C\C/C=C\CC)COC(OCC[N+](C)(C)C)C(=O)[O-]. The van der Waals surface area contributed by atoms with Crippen molar-refractivity contribution in [3.05, 3.63) is 207 Å². The van der Waals surface area contributed by atoms with E-state index >= 15 is 0 Å². The van der Waals surface area contributed by atoms with Gasteiger partial charge in [0.1, 0.15) is 13.2 Å². The second-order valence-electron chi connectivity index (χ2n) is 24.4. The van der Waals surface area contributed by atoms with E-state index in [-0.39, 0.29) is 32.7 Å². The summed E-state index contributed by atoms with van der Waals surface area (Å²) in [6.07, 6.45) is 109. The number of ether oxygens (including phenoxy) is 4. The lowest BCUT2D eigenvalue weighted by Gasteiger charge is -2.26. The maximum Gasteiger partial charge on any atom is 0.306 e. The van der Waals surface area contributed by atoms with Gasteiger partial charge in [-0.1, -0.05) is 291 Å². The Morgan fingerprint density at radius 1 is 0.323 bits per heavy atom. The van der Waals surface area contributed by atoms with E-state index < -0.39 is 30.3 Å². The average molecular weight is 1280 g/mol. The van der Waals surface area contributed by atoms with E-state index in [9.17, 15) is 19.5 Å². The molecule has 520 valence electrons. The topological polar surface area (TPSA) is 111 Å². The van der Waals surface area contributed by atoms with Gasteiger partial charge in [-0.15, -0.1) is 0 Å². The first-order valence-corrected chi connectivity index (χ1v) is 36.2. The molecule has 9 nitrogen and oxygen atoms in total. The van der Waals surface area contributed by atoms with Crippen molar-refractivity contribution in [1.29, 1.82) is 0 Å². The molecule has 0 aliphatic heterocycles. The number of rotatable bonds is 64. The lowest BCUT2D eigenvalue weighted by Crippen LogP contribution is -2.44. The molecular weight excluding hydrogens is 1150 g/mol. The Hall–Kier alpha value is -6.13. The Morgan fingerprint density at radius 3 is 0.860 bits per heavy atom. The second kappa shape index (κ2) is 71.7. The minimum atomic E-state index is -1.64. The van der Waals surface area contributed by atoms with Crippen LogP contribution in [0.5, 0.6) is 0 Å². The Labute approximate surface area is 569 Å². The number of carbonyl (C=O) groups is 3. The van der Waals surface area contributed by atoms with Crippen LogP contribution >= 0.6 is 0 Å². The maximum atomic E-state index is 12.9. The fourth-order valence-corrected chi connectivity index (χ4v) is 9.07. The highest BCUT2D eigenvalue weighted by Gasteiger charge is 2.22. The quantitative estimate of drug-likeness (QED) is 0.0195. The van der Waals surface area contributed by atoms with Crippen LogP contribution in [0.4, 0.5) is 0 Å². The molecule has 0 spiro atoms. The van der Waals surface area contributed by atoms with E-state index in [4.69, 9.17) is 18.9 Å². The standard InChI is InChI=1S/C84H131NO8/c1-6-8-10-12-14-16-18-20-22-24-26-28-30-32-34-36-37-38-39-40-41-42-43-44-45-47-49-51-53-55-57-59-61-63-65-67-69-71-73-75-82(87)93-80(79-92-84(83(88)89)90-77-76-85(3,4)5)78-91-81(86)74-72-70-68-66-64-62-60-58-56-54-52-50-48-46-35-33-31-29-27-25-23-21-19-17-15-13-11-9-7-2/h8-11,14-17,20-23,26-29,32-35,37-38,40-41,43-44,47-50,54,56,60,62,80,84H,6-7,12-13,18-19,24-25,30-31,36,39,42,45-46,51-53,55,57-59,61,63-79H2,1-5H3/b10-8-,11-9-,16-14-,17-15-,22-20-,23-21-,28-26-,29-27-,34-32-,35-33-,38-37-,41-40-,44-43-,49-47-,50-48-,56-54-,62-60-. The van der Waals surface area contributed by atoms with Crippen LogP contribution in [0.2, 0.25) is 0 Å². The molecule has 0 saturated carbocycles. The number of carbonyl (C=O) groups excluding carboxylic acids is 3. The van der Waals surface area contributed by atoms with Crippen molar-refractivity contribution >= 4 is 17.9 Å². The van der Waals surface area contributed by atoms with Crippen LogP contribution in [0, 0.1) is 0 Å². The number of likely N-dealkylation sites (N-methyl/N-ethyl adjacent to an activating group) is 1. The molecule has 2 atom stereocenters. The van der Waals surface area contributed by atoms with Gasteiger partial charge in [0.15, 0.2) is 12.4 Å². The number of hydrogen-bond acceptors (Lipinski definition) is 8. The van der Waals surface area contributed by atoms with Gasteiger partial charge in [0.25, 0.3) is 0 Å². The summed E-state index contributed by atoms with van der Waals surface area (Å²) in [5.74, 6) is -2.34. The molecule has 0 aromatic carbocycles. The third-order valence-electron chi connectivity index (χ3n) is 14.5. The third kappa shape index (κ3) is 73.1. The summed E-state index contributed by atoms with van der Waals surface area (Å²) in [7, 11) is 5.91. The Morgan fingerprint density at radius 2 is 0.581 bits per heavy atom. The average Bonchev–Trinajstić information content (AvgIpc) is 3.38. The van der Waals surface area contributed by atoms with Crippen LogP contribution < -0.4 is 5.11 Å². The monoisotopic (exact) mass is 1280 g/mol. The van der Waals surface area contributed by atoms with Crippen LogP contribution in [0.1, 0.15) is 245 Å². The molecule has 0 amide bonds. The number of nitrogens with zero attached hydrogens (tertiary/aromatic N) is 1. The molecule has 93 heavy (non-hydrogen) atoms. The number of aliphatic carboxylic acids is 1. The number of allylic oxidation sites excluding steroid dienone is 34. The molecule has 0 aliphatic rings. The zero-order chi connectivity index (χ0) is 67.5. The van der Waals surface area contributed by atoms with Gasteiger partial charge < -0.3 is 33.3 Å². The van der Waals surface area contributed by atoms with Crippen LogP contribution in [0.3, 0.4) is 0 Å². The molecule has 0 aliphatic carbocycles. The molecule has 0 heterocycles. The lowest BCUT2D eigenvalue weighted by atomic mass is 10.0. The van der Waals surface area contributed by atoms with Gasteiger partial charge in [-0.25, -0.2) is 0 Å². The molecule has 2 unspecified atom stereocenters. The predicted octanol–water partition coefficient (Wildman–Crippen LogP) is 21.8. The molecular formula is C84H131NO8. The lowest BCUT2D eigenvalue weighted by molar-refractivity contribution is -0.870. The smallest absolute Gasteiger partial charge is 0.306 e. The summed E-state index contributed by atoms with van der Waals surface area (Å²) in [6.45, 7) is 4.46. The van der Waals surface area contributed by atoms with Crippen molar-refractivity contribution in [1.82, 2.24) is 0 Å². The summed E-state index contributed by atoms with van der Waals surface area (Å²) >= 11 is 0. The Balaban J connectivity index is 4.23. The molecule has 9 heteroatoms. The molecule has 0 saturated heterocycles. The predicted molar refractivity (Wildman–Crippen MR) is 397 cm³/mol. The largest absolute Gasteiger partial charge is 0.545 e. The van der Waals surface area contributed by atoms with E-state index in [1.54, 1.807) is 0 Å². The molecule has 0 N–H and O–H groups in total. The van der Waals surface area contributed by atoms with Crippen molar-refractivity contribution < 1.29 is 42.9 Å². The van der Waals surface area contributed by atoms with Crippen LogP contribution in [-0.2, 0) is 33.3 Å². The first kappa shape index (κ1) is 86.9. The fraction of sp³-hybridized carbons (Fsp3) is 0.560. The third-order valence-corrected chi connectivity index (χ3v) is 14.5. The van der Waals surface area contributed by atoms with Crippen LogP contribution in [-0.4, -0.2) is 82.3 Å². The van der Waals surface area contributed by atoms with E-state index in [0.29, 0.717) is 23.9 Å². The van der Waals surface area contributed by atoms with E-state index in [1.165, 1.54) is 44.9 Å². The summed E-state index contributed by atoms with van der Waals surface area (Å²) < 4.78 is 22.8. The number of carboxylic acids is 1. The van der Waals surface area contributed by atoms with Crippen LogP contribution in [0.25, 0.3) is 0 Å². The van der Waals surface area contributed by atoms with Gasteiger partial charge >= 0.3 is 11.9 Å². The van der Waals surface area contributed by atoms with Crippen LogP contribution in [0.15, 0.2) is 207 Å². The maximum absolute atomic E-state index is 12.9. The summed E-state index contributed by atoms with van der Waals surface area (Å²) in [5, 5.41) is 11.8. The zero-order valence-corrected chi connectivity index (χ0v) is 59.3. The van der Waals surface area contributed by atoms with Gasteiger partial charge in [0, 0.05) is 12.8 Å². The van der Waals surface area contributed by atoms with Gasteiger partial charge in [0.2, 0.25) is 0 Å². The number of hydrogen-bond donors (Lipinski definition) is 0. The fourth-order valence-electron chi connectivity index (χ4n) is 9.07. The minimum Gasteiger partial charge on any atom is -0.545 e. The first-order valence-electron chi connectivity index (χ1n) is 36.2. The minimum absolute atomic E-state index is 0.131. The normalized spacial score (nSPS) is 13.9. The molecule has 0 fully saturated rings. The van der Waals surface area contributed by atoms with E-state index in [1.807, 2.05) is 21.1 Å². The van der Waals surface area contributed by atoms with Crippen molar-refractivity contribution in [2.45, 2.75) is 257 Å². The Kier molecular flexibility index (Phi) is 67.0. The molecule has 0 aromatic heterocycles. The van der Waals surface area contributed by atoms with Crippen molar-refractivity contribution in [2.24, 2.45) is 0 Å². The Bertz CT molecular complexity index is 2280. The van der Waals surface area contributed by atoms with Gasteiger partial charge in [-0.2, -0.15) is 0 Å². The van der Waals surface area contributed by atoms with Crippen molar-refractivity contribution in [2.75, 3.05) is 47.5 Å².